The Kier molecular flexibility index (Phi) is 7.70. The second-order valence-corrected chi connectivity index (χ2v) is 12.1. The fraction of sp³-hybridized carbons (Fsp3) is 0.219. The summed E-state index contributed by atoms with van der Waals surface area (Å²) in [5, 5.41) is 1.63. The summed E-state index contributed by atoms with van der Waals surface area (Å²) in [6, 6.07) is 21.4. The Morgan fingerprint density at radius 3 is 1.93 bits per heavy atom. The molecular formula is C32H27Cl2N3O3S. The molecule has 1 aromatic heterocycles. The van der Waals surface area contributed by atoms with E-state index in [1.54, 1.807) is 48.5 Å². The number of ketones is 1. The van der Waals surface area contributed by atoms with Crippen molar-refractivity contribution >= 4 is 62.8 Å². The van der Waals surface area contributed by atoms with E-state index in [4.69, 9.17) is 23.2 Å². The zero-order valence-corrected chi connectivity index (χ0v) is 24.7. The van der Waals surface area contributed by atoms with E-state index in [-0.39, 0.29) is 5.78 Å². The lowest BCUT2D eigenvalue weighted by atomic mass is 9.98. The zero-order valence-electron chi connectivity index (χ0n) is 22.4. The predicted octanol–water partition coefficient (Wildman–Crippen LogP) is 6.97. The number of piperazine rings is 1. The van der Waals surface area contributed by atoms with Gasteiger partial charge in [0.1, 0.15) is 5.00 Å². The molecule has 0 aliphatic carbocycles. The van der Waals surface area contributed by atoms with E-state index in [0.717, 1.165) is 42.3 Å². The number of benzene rings is 3. The third kappa shape index (κ3) is 5.19. The second-order valence-electron chi connectivity index (χ2n) is 10.1. The van der Waals surface area contributed by atoms with Gasteiger partial charge in [0.15, 0.2) is 5.78 Å². The summed E-state index contributed by atoms with van der Waals surface area (Å²) in [5.41, 5.74) is 3.60. The molecule has 2 amide bonds. The number of imide groups is 1. The van der Waals surface area contributed by atoms with Crippen LogP contribution in [0.3, 0.4) is 0 Å². The van der Waals surface area contributed by atoms with Crippen LogP contribution in [0.15, 0.2) is 72.8 Å². The largest absolute Gasteiger partial charge is 0.369 e. The normalized spacial score (nSPS) is 15.5. The molecule has 9 heteroatoms. The number of thiophene rings is 1. The summed E-state index contributed by atoms with van der Waals surface area (Å²) in [4.78, 5) is 48.0. The van der Waals surface area contributed by atoms with Gasteiger partial charge >= 0.3 is 0 Å². The molecule has 0 radical (unpaired) electrons. The SMILES string of the molecule is CCc1sc(N2C(=O)c3ccccc3C2=O)c(C(=O)c2ccc(Cl)cc2)c1CN1CCN(c2ccc(Cl)cc2)CC1. The number of hydrogen-bond donors (Lipinski definition) is 0. The van der Waals surface area contributed by atoms with Crippen LogP contribution < -0.4 is 9.80 Å². The Hall–Kier alpha value is -3.49. The maximum Gasteiger partial charge on any atom is 0.266 e. The van der Waals surface area contributed by atoms with Crippen LogP contribution in [0.25, 0.3) is 0 Å². The van der Waals surface area contributed by atoms with Crippen LogP contribution >= 0.6 is 34.5 Å². The molecule has 3 heterocycles. The van der Waals surface area contributed by atoms with Crippen molar-refractivity contribution in [2.45, 2.75) is 19.9 Å². The summed E-state index contributed by atoms with van der Waals surface area (Å²) < 4.78 is 0. The van der Waals surface area contributed by atoms with E-state index >= 15 is 0 Å². The molecule has 0 atom stereocenters. The molecule has 208 valence electrons. The average Bonchev–Trinajstić information content (AvgIpc) is 3.47. The lowest BCUT2D eigenvalue weighted by molar-refractivity contribution is 0.0927. The van der Waals surface area contributed by atoms with Crippen LogP contribution in [-0.2, 0) is 13.0 Å². The fourth-order valence-corrected chi connectivity index (χ4v) is 7.00. The number of amides is 2. The van der Waals surface area contributed by atoms with Crippen molar-refractivity contribution in [3.05, 3.63) is 116 Å². The van der Waals surface area contributed by atoms with E-state index < -0.39 is 11.8 Å². The van der Waals surface area contributed by atoms with Crippen molar-refractivity contribution < 1.29 is 14.4 Å². The van der Waals surface area contributed by atoms with Crippen molar-refractivity contribution in [2.75, 3.05) is 36.0 Å². The highest BCUT2D eigenvalue weighted by molar-refractivity contribution is 7.17. The Labute approximate surface area is 252 Å². The minimum Gasteiger partial charge on any atom is -0.369 e. The molecule has 0 N–H and O–H groups in total. The number of fused-ring (bicyclic) bond motifs is 1. The Morgan fingerprint density at radius 2 is 1.37 bits per heavy atom. The van der Waals surface area contributed by atoms with Crippen LogP contribution in [0, 0.1) is 0 Å². The van der Waals surface area contributed by atoms with Crippen LogP contribution in [0.4, 0.5) is 10.7 Å². The standard InChI is InChI=1S/C32H27Cl2N3O3S/c1-2-27-26(19-35-15-17-36(18-16-35)23-13-11-22(34)12-14-23)28(29(38)20-7-9-21(33)10-8-20)32(41-27)37-30(39)24-5-3-4-6-25(24)31(37)40/h3-14H,2,15-19H2,1H3. The third-order valence-corrected chi connectivity index (χ3v) is 9.54. The van der Waals surface area contributed by atoms with Crippen molar-refractivity contribution in [1.29, 1.82) is 0 Å². The van der Waals surface area contributed by atoms with Gasteiger partial charge in [-0.05, 0) is 72.6 Å². The van der Waals surface area contributed by atoms with Crippen LogP contribution in [0.2, 0.25) is 10.0 Å². The molecule has 41 heavy (non-hydrogen) atoms. The first kappa shape index (κ1) is 27.7. The van der Waals surface area contributed by atoms with Crippen LogP contribution in [0.5, 0.6) is 0 Å². The van der Waals surface area contributed by atoms with E-state index in [9.17, 15) is 14.4 Å². The van der Waals surface area contributed by atoms with Crippen LogP contribution in [-0.4, -0.2) is 48.7 Å². The highest BCUT2D eigenvalue weighted by Crippen LogP contribution is 2.42. The maximum atomic E-state index is 14.2. The lowest BCUT2D eigenvalue weighted by Crippen LogP contribution is -2.46. The summed E-state index contributed by atoms with van der Waals surface area (Å²) in [5.74, 6) is -1.02. The van der Waals surface area contributed by atoms with E-state index in [1.165, 1.54) is 16.2 Å². The Morgan fingerprint density at radius 1 is 0.805 bits per heavy atom. The van der Waals surface area contributed by atoms with Gasteiger partial charge in [0, 0.05) is 58.9 Å². The summed E-state index contributed by atoms with van der Waals surface area (Å²) in [7, 11) is 0. The molecule has 1 saturated heterocycles. The van der Waals surface area contributed by atoms with Gasteiger partial charge in [-0.2, -0.15) is 0 Å². The zero-order chi connectivity index (χ0) is 28.7. The van der Waals surface area contributed by atoms with E-state index in [1.807, 2.05) is 31.2 Å². The second kappa shape index (κ2) is 11.4. The van der Waals surface area contributed by atoms with Crippen LogP contribution in [0.1, 0.15) is 54.0 Å². The third-order valence-electron chi connectivity index (χ3n) is 7.67. The topological polar surface area (TPSA) is 60.9 Å². The molecule has 6 nitrogen and oxygen atoms in total. The van der Waals surface area contributed by atoms with Crippen molar-refractivity contribution in [1.82, 2.24) is 4.90 Å². The highest BCUT2D eigenvalue weighted by Gasteiger charge is 2.41. The number of rotatable bonds is 7. The van der Waals surface area contributed by atoms with Crippen molar-refractivity contribution in [3.63, 3.8) is 0 Å². The molecule has 4 aromatic rings. The summed E-state index contributed by atoms with van der Waals surface area (Å²) >= 11 is 13.5. The van der Waals surface area contributed by atoms with Gasteiger partial charge in [0.05, 0.1) is 16.7 Å². The molecule has 2 aliphatic rings. The predicted molar refractivity (Wildman–Crippen MR) is 165 cm³/mol. The van der Waals surface area contributed by atoms with Gasteiger partial charge in [-0.15, -0.1) is 11.3 Å². The number of anilines is 2. The fourth-order valence-electron chi connectivity index (χ4n) is 5.50. The van der Waals surface area contributed by atoms with E-state index in [2.05, 4.69) is 9.80 Å². The van der Waals surface area contributed by atoms with Gasteiger partial charge in [-0.25, -0.2) is 4.90 Å². The van der Waals surface area contributed by atoms with Crippen molar-refractivity contribution in [3.8, 4) is 0 Å². The number of hydrogen-bond acceptors (Lipinski definition) is 6. The van der Waals surface area contributed by atoms with Crippen molar-refractivity contribution in [2.24, 2.45) is 0 Å². The maximum absolute atomic E-state index is 14.2. The summed E-state index contributed by atoms with van der Waals surface area (Å²) in [6.45, 7) is 5.86. The first-order chi connectivity index (χ1) is 19.9. The molecule has 0 bridgehead atoms. The minimum atomic E-state index is -0.400. The smallest absolute Gasteiger partial charge is 0.266 e. The average molecular weight is 605 g/mol. The monoisotopic (exact) mass is 603 g/mol. The quantitative estimate of drug-likeness (QED) is 0.169. The van der Waals surface area contributed by atoms with Gasteiger partial charge in [0.25, 0.3) is 11.8 Å². The molecule has 0 saturated carbocycles. The number of nitrogens with zero attached hydrogens (tertiary/aromatic N) is 3. The first-order valence-corrected chi connectivity index (χ1v) is 15.1. The summed E-state index contributed by atoms with van der Waals surface area (Å²) in [6.07, 6.45) is 0.675. The molecule has 2 aliphatic heterocycles. The van der Waals surface area contributed by atoms with Gasteiger partial charge in [-0.1, -0.05) is 42.3 Å². The molecule has 6 rings (SSSR count). The van der Waals surface area contributed by atoms with E-state index in [0.29, 0.717) is 50.3 Å². The number of carbonyl (C=O) groups is 3. The molecular weight excluding hydrogens is 577 g/mol. The molecule has 3 aromatic carbocycles. The molecule has 1 fully saturated rings. The van der Waals surface area contributed by atoms with Gasteiger partial charge in [0.2, 0.25) is 0 Å². The minimum absolute atomic E-state index is 0.223. The number of carbonyl (C=O) groups excluding carboxylic acids is 3. The number of aryl methyl sites for hydroxylation is 1. The molecule has 0 spiro atoms. The number of halogens is 2. The first-order valence-electron chi connectivity index (χ1n) is 13.5. The Balaban J connectivity index is 1.36. The highest BCUT2D eigenvalue weighted by atomic mass is 35.5. The Bertz CT molecular complexity index is 1610. The lowest BCUT2D eigenvalue weighted by Gasteiger charge is -2.36. The molecule has 0 unspecified atom stereocenters. The van der Waals surface area contributed by atoms with Gasteiger partial charge < -0.3 is 4.90 Å². The van der Waals surface area contributed by atoms with Gasteiger partial charge in [-0.3, -0.25) is 19.3 Å².